The number of nitrogens with one attached hydrogen (secondary N) is 1. The average molecular weight is 200 g/mol. The van der Waals surface area contributed by atoms with Crippen molar-refractivity contribution in [2.75, 3.05) is 5.32 Å². The van der Waals surface area contributed by atoms with Crippen molar-refractivity contribution in [2.24, 2.45) is 0 Å². The minimum absolute atomic E-state index is 0.105. The lowest BCUT2D eigenvalue weighted by molar-refractivity contribution is 0.588. The molecular weight excluding hydrogens is 192 g/mol. The third-order valence-electron chi connectivity index (χ3n) is 1.89. The zero-order valence-corrected chi connectivity index (χ0v) is 8.06. The van der Waals surface area contributed by atoms with Crippen LogP contribution in [0.2, 0.25) is 0 Å². The maximum Gasteiger partial charge on any atom is 0.329 e. The lowest BCUT2D eigenvalue weighted by Gasteiger charge is -1.94. The first-order valence-electron chi connectivity index (χ1n) is 4.35. The van der Waals surface area contributed by atoms with E-state index in [4.69, 9.17) is 9.68 Å². The average Bonchev–Trinajstić information content (AvgIpc) is 2.68. The first-order chi connectivity index (χ1) is 7.29. The van der Waals surface area contributed by atoms with Crippen molar-refractivity contribution in [3.05, 3.63) is 29.8 Å². The Hall–Kier alpha value is -2.35. The molecule has 2 aromatic rings. The second-order valence-electron chi connectivity index (χ2n) is 3.02. The Bertz CT molecular complexity index is 495. The number of anilines is 1. The van der Waals surface area contributed by atoms with E-state index in [1.165, 1.54) is 0 Å². The summed E-state index contributed by atoms with van der Waals surface area (Å²) in [7, 11) is 0. The molecule has 0 atom stereocenters. The van der Waals surface area contributed by atoms with E-state index in [1.807, 2.05) is 31.2 Å². The molecule has 0 amide bonds. The van der Waals surface area contributed by atoms with Crippen LogP contribution >= 0.6 is 0 Å². The fourth-order valence-electron chi connectivity index (χ4n) is 1.13. The topological polar surface area (TPSA) is 74.7 Å². The molecule has 0 aliphatic rings. The predicted octanol–water partition coefficient (Wildman–Crippen LogP) is 1.94. The molecule has 0 fully saturated rings. The van der Waals surface area contributed by atoms with Crippen molar-refractivity contribution in [2.45, 2.75) is 6.92 Å². The molecule has 15 heavy (non-hydrogen) atoms. The maximum atomic E-state index is 8.35. The molecule has 5 heteroatoms. The number of aryl methyl sites for hydroxylation is 1. The molecular formula is C10H8N4O. The lowest BCUT2D eigenvalue weighted by Crippen LogP contribution is -1.85. The summed E-state index contributed by atoms with van der Waals surface area (Å²) in [4.78, 5) is 0. The number of nitrogens with zero attached hydrogens (tertiary/aromatic N) is 3. The van der Waals surface area contributed by atoms with Crippen molar-refractivity contribution >= 4 is 6.01 Å². The molecule has 0 bridgehead atoms. The largest absolute Gasteiger partial charge is 0.403 e. The molecule has 1 heterocycles. The van der Waals surface area contributed by atoms with Crippen LogP contribution in [0.1, 0.15) is 5.56 Å². The molecule has 0 aliphatic heterocycles. The van der Waals surface area contributed by atoms with Gasteiger partial charge < -0.3 is 4.42 Å². The highest BCUT2D eigenvalue weighted by Gasteiger charge is 2.06. The highest BCUT2D eigenvalue weighted by atomic mass is 16.4. The molecule has 0 saturated heterocycles. The normalized spacial score (nSPS) is 9.60. The number of aromatic nitrogens is 2. The molecule has 74 valence electrons. The smallest absolute Gasteiger partial charge is 0.329 e. The van der Waals surface area contributed by atoms with Gasteiger partial charge in [0.15, 0.2) is 6.19 Å². The summed E-state index contributed by atoms with van der Waals surface area (Å²) < 4.78 is 5.19. The summed E-state index contributed by atoms with van der Waals surface area (Å²) in [5, 5.41) is 18.1. The van der Waals surface area contributed by atoms with Crippen molar-refractivity contribution in [3.63, 3.8) is 0 Å². The van der Waals surface area contributed by atoms with Gasteiger partial charge in [0.05, 0.1) is 0 Å². The van der Waals surface area contributed by atoms with E-state index in [9.17, 15) is 0 Å². The zero-order chi connectivity index (χ0) is 10.7. The first-order valence-corrected chi connectivity index (χ1v) is 4.35. The Kier molecular flexibility index (Phi) is 2.33. The monoisotopic (exact) mass is 200 g/mol. The van der Waals surface area contributed by atoms with E-state index < -0.39 is 0 Å². The molecule has 0 unspecified atom stereocenters. The Morgan fingerprint density at radius 1 is 1.27 bits per heavy atom. The van der Waals surface area contributed by atoms with Crippen LogP contribution in [0.15, 0.2) is 28.7 Å². The quantitative estimate of drug-likeness (QED) is 0.592. The van der Waals surface area contributed by atoms with Crippen LogP contribution in [0.5, 0.6) is 0 Å². The van der Waals surface area contributed by atoms with Gasteiger partial charge in [-0.1, -0.05) is 22.8 Å². The second-order valence-corrected chi connectivity index (χ2v) is 3.02. The molecule has 2 rings (SSSR count). The Balaban J connectivity index is 2.30. The van der Waals surface area contributed by atoms with Gasteiger partial charge >= 0.3 is 6.01 Å². The van der Waals surface area contributed by atoms with E-state index in [1.54, 1.807) is 6.19 Å². The van der Waals surface area contributed by atoms with Gasteiger partial charge in [-0.05, 0) is 19.1 Å². The van der Waals surface area contributed by atoms with Crippen molar-refractivity contribution < 1.29 is 4.42 Å². The van der Waals surface area contributed by atoms with Gasteiger partial charge in [0.25, 0.3) is 0 Å². The molecule has 1 aromatic heterocycles. The predicted molar refractivity (Wildman–Crippen MR) is 53.7 cm³/mol. The van der Waals surface area contributed by atoms with Crippen molar-refractivity contribution in [1.82, 2.24) is 10.2 Å². The summed E-state index contributed by atoms with van der Waals surface area (Å²) in [5.74, 6) is 0.396. The van der Waals surface area contributed by atoms with E-state index in [0.29, 0.717) is 5.89 Å². The van der Waals surface area contributed by atoms with Gasteiger partial charge in [-0.25, -0.2) is 5.32 Å². The molecule has 1 aromatic carbocycles. The highest BCUT2D eigenvalue weighted by molar-refractivity contribution is 5.53. The standard InChI is InChI=1S/C10H8N4O/c1-7-2-4-8(5-3-7)9-13-14-10(15-9)12-6-11/h2-5H,1H3,(H,12,14). The van der Waals surface area contributed by atoms with E-state index in [0.717, 1.165) is 11.1 Å². The molecule has 0 radical (unpaired) electrons. The zero-order valence-electron chi connectivity index (χ0n) is 8.06. The van der Waals surface area contributed by atoms with Crippen molar-refractivity contribution in [3.8, 4) is 17.6 Å². The SMILES string of the molecule is Cc1ccc(-c2nnc(NC#N)o2)cc1. The van der Waals surface area contributed by atoms with E-state index >= 15 is 0 Å². The third-order valence-corrected chi connectivity index (χ3v) is 1.89. The van der Waals surface area contributed by atoms with E-state index in [2.05, 4.69) is 15.5 Å². The minimum Gasteiger partial charge on any atom is -0.403 e. The first kappa shape index (κ1) is 9.21. The summed E-state index contributed by atoms with van der Waals surface area (Å²) in [6.45, 7) is 2.00. The van der Waals surface area contributed by atoms with Crippen LogP contribution in [0.4, 0.5) is 6.01 Å². The summed E-state index contributed by atoms with van der Waals surface area (Å²) in [5.41, 5.74) is 1.99. The van der Waals surface area contributed by atoms with Crippen molar-refractivity contribution in [1.29, 1.82) is 5.26 Å². The number of hydrogen-bond acceptors (Lipinski definition) is 5. The number of nitriles is 1. The van der Waals surface area contributed by atoms with Crippen LogP contribution in [0.3, 0.4) is 0 Å². The van der Waals surface area contributed by atoms with Gasteiger partial charge in [0.2, 0.25) is 5.89 Å². The summed E-state index contributed by atoms with van der Waals surface area (Å²) in [6.07, 6.45) is 1.71. The minimum atomic E-state index is 0.105. The Morgan fingerprint density at radius 3 is 2.67 bits per heavy atom. The second kappa shape index (κ2) is 3.80. The van der Waals surface area contributed by atoms with Gasteiger partial charge in [-0.2, -0.15) is 5.26 Å². The van der Waals surface area contributed by atoms with Crippen LogP contribution in [0, 0.1) is 18.4 Å². The van der Waals surface area contributed by atoms with Crippen LogP contribution in [-0.2, 0) is 0 Å². The van der Waals surface area contributed by atoms with Crippen LogP contribution in [-0.4, -0.2) is 10.2 Å². The fourth-order valence-corrected chi connectivity index (χ4v) is 1.13. The number of rotatable bonds is 2. The van der Waals surface area contributed by atoms with Crippen LogP contribution in [0.25, 0.3) is 11.5 Å². The molecule has 5 nitrogen and oxygen atoms in total. The number of benzene rings is 1. The van der Waals surface area contributed by atoms with Gasteiger partial charge in [0, 0.05) is 5.56 Å². The number of hydrogen-bond donors (Lipinski definition) is 1. The van der Waals surface area contributed by atoms with Gasteiger partial charge in [0.1, 0.15) is 0 Å². The molecule has 0 spiro atoms. The molecule has 1 N–H and O–H groups in total. The summed E-state index contributed by atoms with van der Waals surface area (Å²) >= 11 is 0. The Morgan fingerprint density at radius 2 is 2.00 bits per heavy atom. The molecule has 0 saturated carbocycles. The van der Waals surface area contributed by atoms with E-state index in [-0.39, 0.29) is 6.01 Å². The third kappa shape index (κ3) is 1.94. The Labute approximate surface area is 86.4 Å². The maximum absolute atomic E-state index is 8.35. The molecule has 0 aliphatic carbocycles. The lowest BCUT2D eigenvalue weighted by atomic mass is 10.1. The van der Waals surface area contributed by atoms with Gasteiger partial charge in [-0.15, -0.1) is 5.10 Å². The fraction of sp³-hybridized carbons (Fsp3) is 0.100. The van der Waals surface area contributed by atoms with Crippen LogP contribution < -0.4 is 5.32 Å². The van der Waals surface area contributed by atoms with Gasteiger partial charge in [-0.3, -0.25) is 0 Å². The highest BCUT2D eigenvalue weighted by Crippen LogP contribution is 2.19. The summed E-state index contributed by atoms with van der Waals surface area (Å²) in [6, 6.07) is 7.79.